The summed E-state index contributed by atoms with van der Waals surface area (Å²) in [6.45, 7) is 3.09. The lowest BCUT2D eigenvalue weighted by Crippen LogP contribution is -2.65. The van der Waals surface area contributed by atoms with Crippen molar-refractivity contribution in [3.8, 4) is 0 Å². The normalized spacial score (nSPS) is 48.1. The number of hydrogen-bond donors (Lipinski definition) is 0. The van der Waals surface area contributed by atoms with Gasteiger partial charge in [-0.3, -0.25) is 0 Å². The molecule has 0 amide bonds. The summed E-state index contributed by atoms with van der Waals surface area (Å²) in [4.78, 5) is 9.99. The molecule has 0 aromatic heterocycles. The zero-order chi connectivity index (χ0) is 11.2. The highest BCUT2D eigenvalue weighted by Gasteiger charge is 2.74. The Morgan fingerprint density at radius 2 is 1.81 bits per heavy atom. The third-order valence-electron chi connectivity index (χ3n) is 6.38. The summed E-state index contributed by atoms with van der Waals surface area (Å²) in [6.07, 6.45) is 11.0. The number of nitroso groups, excluding NO2 is 1. The largest absolute Gasteiger partial charge is 0.151 e. The van der Waals surface area contributed by atoms with Gasteiger partial charge in [0.25, 0.3) is 0 Å². The maximum Gasteiger partial charge on any atom is 0.0811 e. The quantitative estimate of drug-likeness (QED) is 0.489. The van der Waals surface area contributed by atoms with E-state index in [1.807, 2.05) is 0 Å². The fraction of sp³-hybridized carbons (Fsp3) is 1.00. The van der Waals surface area contributed by atoms with Crippen LogP contribution in [0.5, 0.6) is 0 Å². The summed E-state index contributed by atoms with van der Waals surface area (Å²) >= 11 is 0. The molecule has 3 saturated carbocycles. The topological polar surface area (TPSA) is 29.4 Å². The minimum absolute atomic E-state index is 0.523. The Bertz CT molecular complexity index is 285. The second kappa shape index (κ2) is 3.54. The Morgan fingerprint density at radius 1 is 1.12 bits per heavy atom. The van der Waals surface area contributed by atoms with Gasteiger partial charge in [-0.25, -0.2) is 0 Å². The standard InChI is InChI=1S/C14H23NO/c1-13-11-5-6-12(13)10-14(13,9-11)7-3-2-4-8-15-16/h11-12H,2-10H2,1H3. The molecule has 0 spiro atoms. The van der Waals surface area contributed by atoms with Crippen LogP contribution in [0.3, 0.4) is 0 Å². The van der Waals surface area contributed by atoms with Crippen LogP contribution in [0.1, 0.15) is 58.3 Å². The number of unbranched alkanes of at least 4 members (excludes halogenated alkanes) is 2. The van der Waals surface area contributed by atoms with E-state index in [1.54, 1.807) is 0 Å². The van der Waals surface area contributed by atoms with Crippen molar-refractivity contribution in [3.63, 3.8) is 0 Å². The Balaban J connectivity index is 1.48. The van der Waals surface area contributed by atoms with E-state index in [0.717, 1.165) is 29.1 Å². The molecule has 0 radical (unpaired) electrons. The second-order valence-corrected chi connectivity index (χ2v) is 6.61. The Kier molecular flexibility index (Phi) is 2.38. The summed E-state index contributed by atoms with van der Waals surface area (Å²) in [6, 6.07) is 0. The third-order valence-corrected chi connectivity index (χ3v) is 6.38. The van der Waals surface area contributed by atoms with Crippen molar-refractivity contribution >= 4 is 0 Å². The molecule has 0 saturated heterocycles. The van der Waals surface area contributed by atoms with Crippen LogP contribution in [0.2, 0.25) is 0 Å². The Labute approximate surface area is 98.2 Å². The van der Waals surface area contributed by atoms with Gasteiger partial charge in [-0.2, -0.15) is 4.91 Å². The zero-order valence-electron chi connectivity index (χ0n) is 10.4. The molecule has 0 aliphatic heterocycles. The van der Waals surface area contributed by atoms with E-state index < -0.39 is 0 Å². The molecule has 3 aliphatic rings. The van der Waals surface area contributed by atoms with Crippen molar-refractivity contribution in [1.29, 1.82) is 0 Å². The molecule has 3 rings (SSSR count). The lowest BCUT2D eigenvalue weighted by atomic mass is 9.32. The van der Waals surface area contributed by atoms with Crippen LogP contribution < -0.4 is 0 Å². The summed E-state index contributed by atoms with van der Waals surface area (Å²) < 4.78 is 0. The predicted molar refractivity (Wildman–Crippen MR) is 65.1 cm³/mol. The van der Waals surface area contributed by atoms with Gasteiger partial charge in [0.15, 0.2) is 0 Å². The molecule has 2 nitrogen and oxygen atoms in total. The molecular formula is C14H23NO. The van der Waals surface area contributed by atoms with Crippen molar-refractivity contribution in [2.45, 2.75) is 58.3 Å². The molecule has 90 valence electrons. The van der Waals surface area contributed by atoms with Gasteiger partial charge in [-0.05, 0) is 61.2 Å². The van der Waals surface area contributed by atoms with Crippen LogP contribution in [-0.4, -0.2) is 6.54 Å². The molecule has 0 N–H and O–H groups in total. The van der Waals surface area contributed by atoms with Gasteiger partial charge >= 0.3 is 0 Å². The first-order chi connectivity index (χ1) is 7.73. The van der Waals surface area contributed by atoms with E-state index in [0.29, 0.717) is 6.54 Å². The van der Waals surface area contributed by atoms with Crippen molar-refractivity contribution in [2.24, 2.45) is 27.8 Å². The maximum absolute atomic E-state index is 9.99. The second-order valence-electron chi connectivity index (χ2n) is 6.61. The highest BCUT2D eigenvalue weighted by atomic mass is 16.3. The first-order valence-electron chi connectivity index (χ1n) is 7.02. The lowest BCUT2D eigenvalue weighted by molar-refractivity contribution is -0.240. The molecule has 2 heteroatoms. The van der Waals surface area contributed by atoms with Gasteiger partial charge in [-0.1, -0.05) is 24.9 Å². The molecule has 0 aromatic rings. The molecular weight excluding hydrogens is 198 g/mol. The molecule has 2 atom stereocenters. The van der Waals surface area contributed by atoms with Crippen molar-refractivity contribution in [2.75, 3.05) is 6.54 Å². The van der Waals surface area contributed by atoms with Crippen LogP contribution in [0.25, 0.3) is 0 Å². The van der Waals surface area contributed by atoms with Crippen LogP contribution >= 0.6 is 0 Å². The summed E-state index contributed by atoms with van der Waals surface area (Å²) in [5.41, 5.74) is 1.49. The van der Waals surface area contributed by atoms with Crippen molar-refractivity contribution in [1.82, 2.24) is 0 Å². The van der Waals surface area contributed by atoms with E-state index in [4.69, 9.17) is 0 Å². The molecule has 0 bridgehead atoms. The highest BCUT2D eigenvalue weighted by Crippen LogP contribution is 2.82. The van der Waals surface area contributed by atoms with Crippen molar-refractivity contribution in [3.05, 3.63) is 4.91 Å². The molecule has 0 aromatic carbocycles. The Morgan fingerprint density at radius 3 is 2.44 bits per heavy atom. The number of nitrogens with zero attached hydrogens (tertiary/aromatic N) is 1. The van der Waals surface area contributed by atoms with E-state index >= 15 is 0 Å². The van der Waals surface area contributed by atoms with Crippen LogP contribution in [-0.2, 0) is 0 Å². The van der Waals surface area contributed by atoms with Gasteiger partial charge in [0, 0.05) is 0 Å². The van der Waals surface area contributed by atoms with Gasteiger partial charge in [0.1, 0.15) is 0 Å². The lowest BCUT2D eigenvalue weighted by Gasteiger charge is -2.73. The maximum atomic E-state index is 9.99. The minimum Gasteiger partial charge on any atom is -0.151 e. The number of rotatable bonds is 6. The van der Waals surface area contributed by atoms with Gasteiger partial charge in [0.2, 0.25) is 0 Å². The van der Waals surface area contributed by atoms with E-state index in [1.165, 1.54) is 44.9 Å². The molecule has 2 unspecified atom stereocenters. The fourth-order valence-corrected chi connectivity index (χ4v) is 5.32. The van der Waals surface area contributed by atoms with Crippen LogP contribution in [0, 0.1) is 27.6 Å². The average molecular weight is 221 g/mol. The van der Waals surface area contributed by atoms with Gasteiger partial charge in [-0.15, -0.1) is 0 Å². The molecule has 3 fully saturated rings. The smallest absolute Gasteiger partial charge is 0.0811 e. The zero-order valence-corrected chi connectivity index (χ0v) is 10.4. The summed E-state index contributed by atoms with van der Waals surface area (Å²) in [7, 11) is 0. The van der Waals surface area contributed by atoms with Crippen LogP contribution in [0.15, 0.2) is 5.18 Å². The SMILES string of the molecule is CC12C3CCC1CC2(CCCCCN=O)C3. The molecule has 0 heterocycles. The predicted octanol–water partition coefficient (Wildman–Crippen LogP) is 4.14. The highest BCUT2D eigenvalue weighted by molar-refractivity contribution is 5.23. The monoisotopic (exact) mass is 221 g/mol. The molecule has 3 aliphatic carbocycles. The molecule has 16 heavy (non-hydrogen) atoms. The number of hydrogen-bond acceptors (Lipinski definition) is 2. The first-order valence-corrected chi connectivity index (χ1v) is 7.02. The van der Waals surface area contributed by atoms with Gasteiger partial charge in [0.05, 0.1) is 6.54 Å². The van der Waals surface area contributed by atoms with Gasteiger partial charge < -0.3 is 0 Å². The average Bonchev–Trinajstić information content (AvgIpc) is 2.50. The summed E-state index contributed by atoms with van der Waals surface area (Å²) in [5, 5.41) is 2.93. The third kappa shape index (κ3) is 1.14. The summed E-state index contributed by atoms with van der Waals surface area (Å²) in [5.74, 6) is 2.14. The van der Waals surface area contributed by atoms with Crippen LogP contribution in [0.4, 0.5) is 0 Å². The van der Waals surface area contributed by atoms with Crippen molar-refractivity contribution < 1.29 is 0 Å². The minimum atomic E-state index is 0.523. The first kappa shape index (κ1) is 10.7. The Hall–Kier alpha value is -0.400. The van der Waals surface area contributed by atoms with E-state index in [2.05, 4.69) is 12.1 Å². The van der Waals surface area contributed by atoms with E-state index in [9.17, 15) is 4.91 Å². The van der Waals surface area contributed by atoms with E-state index in [-0.39, 0.29) is 0 Å². The fourth-order valence-electron chi connectivity index (χ4n) is 5.32.